The fourth-order valence-electron chi connectivity index (χ4n) is 4.48. The van der Waals surface area contributed by atoms with Crippen LogP contribution in [0.3, 0.4) is 0 Å². The van der Waals surface area contributed by atoms with Gasteiger partial charge in [-0.05, 0) is 79.3 Å². The van der Waals surface area contributed by atoms with Gasteiger partial charge in [-0.2, -0.15) is 34.0 Å². The van der Waals surface area contributed by atoms with Gasteiger partial charge in [-0.1, -0.05) is 0 Å². The molecule has 38 heavy (non-hydrogen) atoms. The maximum atomic E-state index is 13.0. The fraction of sp³-hybridized carbons (Fsp3) is 0.0714. The molecule has 2 N–H and O–H groups in total. The van der Waals surface area contributed by atoms with Crippen LogP contribution in [0, 0.1) is 0 Å². The van der Waals surface area contributed by atoms with E-state index in [9.17, 15) is 9.59 Å². The molecule has 0 aromatic carbocycles. The van der Waals surface area contributed by atoms with Crippen molar-refractivity contribution in [3.8, 4) is 55.2 Å². The number of thiophene rings is 4. The van der Waals surface area contributed by atoms with Crippen LogP contribution in [-0.2, 0) is 9.47 Å². The molecule has 6 aromatic heterocycles. The van der Waals surface area contributed by atoms with Gasteiger partial charge in [-0.25, -0.2) is 9.59 Å². The molecule has 6 heterocycles. The fourth-order valence-corrected chi connectivity index (χ4v) is 7.34. The van der Waals surface area contributed by atoms with Crippen LogP contribution in [0.4, 0.5) is 0 Å². The van der Waals surface area contributed by atoms with Crippen molar-refractivity contribution in [3.05, 3.63) is 79.4 Å². The maximum absolute atomic E-state index is 13.0. The Bertz CT molecular complexity index is 1720. The van der Waals surface area contributed by atoms with Crippen LogP contribution < -0.4 is 0 Å². The second-order valence-corrected chi connectivity index (χ2v) is 11.6. The monoisotopic (exact) mass is 576 g/mol. The van der Waals surface area contributed by atoms with Gasteiger partial charge in [0.2, 0.25) is 0 Å². The van der Waals surface area contributed by atoms with Gasteiger partial charge >= 0.3 is 11.9 Å². The van der Waals surface area contributed by atoms with Crippen LogP contribution >= 0.6 is 45.3 Å². The van der Waals surface area contributed by atoms with Crippen molar-refractivity contribution < 1.29 is 19.1 Å². The Labute approximate surface area is 234 Å². The minimum absolute atomic E-state index is 0.384. The number of aromatic nitrogens is 2. The molecular formula is C28H20N2O4S4. The highest BCUT2D eigenvalue weighted by atomic mass is 32.1. The Morgan fingerprint density at radius 2 is 1.34 bits per heavy atom. The first-order chi connectivity index (χ1) is 18.6. The van der Waals surface area contributed by atoms with Gasteiger partial charge in [0, 0.05) is 27.6 Å². The molecule has 0 bridgehead atoms. The van der Waals surface area contributed by atoms with Crippen LogP contribution in [-0.4, -0.2) is 36.1 Å². The van der Waals surface area contributed by atoms with Gasteiger partial charge in [-0.15, -0.1) is 11.3 Å². The number of aromatic amines is 2. The normalized spacial score (nSPS) is 11.1. The number of methoxy groups -OCH3 is 2. The Hall–Kier alpha value is -3.70. The summed E-state index contributed by atoms with van der Waals surface area (Å²) in [7, 11) is 2.76. The summed E-state index contributed by atoms with van der Waals surface area (Å²) < 4.78 is 10.1. The summed E-state index contributed by atoms with van der Waals surface area (Å²) in [6.07, 6.45) is 0. The summed E-state index contributed by atoms with van der Waals surface area (Å²) in [5.41, 5.74) is 9.08. The molecule has 0 unspecified atom stereocenters. The molecule has 0 radical (unpaired) electrons. The molecule has 0 amide bonds. The average Bonchev–Trinajstić information content (AvgIpc) is 3.78. The molecule has 6 rings (SSSR count). The standard InChI is InChI=1S/C28H20N2O4S4/c1-33-27(31)20-10-19(15-3-6-35-11-15)25(29-20)21-9-18(14-38-21)23-22(16-4-7-36-12-16)24(17-5-8-37-13-17)30-26(23)28(32)34-2/h3-14,29-30H,1-2H3. The Morgan fingerprint density at radius 3 is 1.97 bits per heavy atom. The van der Waals surface area contributed by atoms with E-state index in [1.165, 1.54) is 14.2 Å². The molecule has 190 valence electrons. The van der Waals surface area contributed by atoms with E-state index in [4.69, 9.17) is 9.47 Å². The van der Waals surface area contributed by atoms with E-state index in [1.807, 2.05) is 45.1 Å². The van der Waals surface area contributed by atoms with Crippen molar-refractivity contribution >= 4 is 57.3 Å². The molecule has 0 saturated carbocycles. The predicted octanol–water partition coefficient (Wildman–Crippen LogP) is 8.50. The van der Waals surface area contributed by atoms with Crippen molar-refractivity contribution in [2.45, 2.75) is 0 Å². The molecular weight excluding hydrogens is 557 g/mol. The zero-order valence-corrected chi connectivity index (χ0v) is 23.5. The lowest BCUT2D eigenvalue weighted by atomic mass is 9.96. The van der Waals surface area contributed by atoms with Gasteiger partial charge < -0.3 is 19.4 Å². The number of nitrogens with one attached hydrogen (secondary N) is 2. The number of hydrogen-bond acceptors (Lipinski definition) is 8. The largest absolute Gasteiger partial charge is 0.464 e. The van der Waals surface area contributed by atoms with Crippen LogP contribution in [0.5, 0.6) is 0 Å². The molecule has 0 spiro atoms. The molecule has 0 aliphatic carbocycles. The highest BCUT2D eigenvalue weighted by Gasteiger charge is 2.27. The number of ether oxygens (including phenoxy) is 2. The Morgan fingerprint density at radius 1 is 0.684 bits per heavy atom. The average molecular weight is 577 g/mol. The first-order valence-corrected chi connectivity index (χ1v) is 15.1. The van der Waals surface area contributed by atoms with Gasteiger partial charge in [0.05, 0.1) is 30.5 Å². The van der Waals surface area contributed by atoms with E-state index in [1.54, 1.807) is 45.3 Å². The van der Waals surface area contributed by atoms with E-state index in [0.717, 1.165) is 55.2 Å². The second-order valence-electron chi connectivity index (χ2n) is 8.32. The summed E-state index contributed by atoms with van der Waals surface area (Å²) in [4.78, 5) is 32.9. The third-order valence-corrected chi connectivity index (χ3v) is 9.20. The molecule has 6 aromatic rings. The van der Waals surface area contributed by atoms with Crippen molar-refractivity contribution in [2.75, 3.05) is 14.2 Å². The molecule has 0 aliphatic rings. The lowest BCUT2D eigenvalue weighted by Gasteiger charge is -2.06. The lowest BCUT2D eigenvalue weighted by Crippen LogP contribution is -2.03. The van der Waals surface area contributed by atoms with Gasteiger partial charge in [0.15, 0.2) is 0 Å². The number of H-pyrrole nitrogens is 2. The SMILES string of the molecule is COC(=O)c1cc(-c2ccsc2)c(-c2cc(-c3c(C(=O)OC)[nH]c(-c4ccsc4)c3-c3ccsc3)cs2)[nH]1. The first-order valence-electron chi connectivity index (χ1n) is 11.4. The summed E-state index contributed by atoms with van der Waals surface area (Å²) in [5.74, 6) is -0.860. The van der Waals surface area contributed by atoms with Crippen LogP contribution in [0.15, 0.2) is 68.0 Å². The second kappa shape index (κ2) is 10.2. The number of esters is 2. The van der Waals surface area contributed by atoms with Crippen molar-refractivity contribution in [3.63, 3.8) is 0 Å². The van der Waals surface area contributed by atoms with E-state index in [2.05, 4.69) is 32.9 Å². The zero-order chi connectivity index (χ0) is 26.2. The number of rotatable bonds is 7. The Kier molecular flexibility index (Phi) is 6.62. The van der Waals surface area contributed by atoms with Crippen molar-refractivity contribution in [1.82, 2.24) is 9.97 Å². The smallest absolute Gasteiger partial charge is 0.355 e. The van der Waals surface area contributed by atoms with Gasteiger partial charge in [0.1, 0.15) is 11.4 Å². The van der Waals surface area contributed by atoms with E-state index in [-0.39, 0.29) is 0 Å². The molecule has 0 atom stereocenters. The quantitative estimate of drug-likeness (QED) is 0.187. The van der Waals surface area contributed by atoms with Crippen LogP contribution in [0.2, 0.25) is 0 Å². The summed E-state index contributed by atoms with van der Waals surface area (Å²) in [6, 6.07) is 10.00. The molecule has 0 saturated heterocycles. The maximum Gasteiger partial charge on any atom is 0.355 e. The summed E-state index contributed by atoms with van der Waals surface area (Å²) in [6.45, 7) is 0. The summed E-state index contributed by atoms with van der Waals surface area (Å²) >= 11 is 6.34. The molecule has 10 heteroatoms. The topological polar surface area (TPSA) is 84.2 Å². The third kappa shape index (κ3) is 4.25. The van der Waals surface area contributed by atoms with E-state index in [0.29, 0.717) is 11.4 Å². The minimum atomic E-state index is -0.433. The van der Waals surface area contributed by atoms with Gasteiger partial charge in [-0.3, -0.25) is 0 Å². The number of carbonyl (C=O) groups is 2. The van der Waals surface area contributed by atoms with E-state index < -0.39 is 11.9 Å². The zero-order valence-electron chi connectivity index (χ0n) is 20.2. The first kappa shape index (κ1) is 24.6. The highest BCUT2D eigenvalue weighted by molar-refractivity contribution is 7.14. The molecule has 6 nitrogen and oxygen atoms in total. The van der Waals surface area contributed by atoms with Crippen LogP contribution in [0.1, 0.15) is 21.0 Å². The highest BCUT2D eigenvalue weighted by Crippen LogP contribution is 2.46. The summed E-state index contributed by atoms with van der Waals surface area (Å²) in [5, 5.41) is 14.3. The molecule has 0 fully saturated rings. The number of hydrogen-bond donors (Lipinski definition) is 2. The Balaban J connectivity index is 1.56. The van der Waals surface area contributed by atoms with Crippen molar-refractivity contribution in [1.29, 1.82) is 0 Å². The molecule has 0 aliphatic heterocycles. The van der Waals surface area contributed by atoms with E-state index >= 15 is 0 Å². The minimum Gasteiger partial charge on any atom is -0.464 e. The number of carbonyl (C=O) groups excluding carboxylic acids is 2. The lowest BCUT2D eigenvalue weighted by molar-refractivity contribution is 0.0586. The van der Waals surface area contributed by atoms with Crippen molar-refractivity contribution in [2.24, 2.45) is 0 Å². The van der Waals surface area contributed by atoms with Crippen LogP contribution in [0.25, 0.3) is 55.2 Å². The predicted molar refractivity (Wildman–Crippen MR) is 157 cm³/mol. The van der Waals surface area contributed by atoms with Gasteiger partial charge in [0.25, 0.3) is 0 Å². The third-order valence-electron chi connectivity index (χ3n) is 6.20.